The Kier molecular flexibility index (Phi) is 4.13. The van der Waals surface area contributed by atoms with Gasteiger partial charge in [0.2, 0.25) is 0 Å². The van der Waals surface area contributed by atoms with Crippen molar-refractivity contribution in [3.8, 4) is 0 Å². The molecule has 0 amide bonds. The van der Waals surface area contributed by atoms with Gasteiger partial charge >= 0.3 is 0 Å². The second-order valence-corrected chi connectivity index (χ2v) is 4.06. The van der Waals surface area contributed by atoms with Crippen LogP contribution in [0, 0.1) is 17.3 Å². The fraction of sp³-hybridized carbons (Fsp3) is 1.00. The molecule has 0 bridgehead atoms. The van der Waals surface area contributed by atoms with Crippen LogP contribution in [0.3, 0.4) is 0 Å². The van der Waals surface area contributed by atoms with Crippen LogP contribution in [0.25, 0.3) is 0 Å². The van der Waals surface area contributed by atoms with Crippen LogP contribution in [-0.2, 0) is 0 Å². The first-order chi connectivity index (χ1) is 5.09. The lowest BCUT2D eigenvalue weighted by atomic mass is 9.55. The van der Waals surface area contributed by atoms with Crippen molar-refractivity contribution in [2.45, 2.75) is 54.4 Å². The van der Waals surface area contributed by atoms with E-state index in [1.54, 1.807) is 0 Å². The van der Waals surface area contributed by atoms with E-state index in [0.717, 1.165) is 11.8 Å². The van der Waals surface area contributed by atoms with Crippen LogP contribution in [-0.4, -0.2) is 0 Å². The minimum Gasteiger partial charge on any atom is -0.0683 e. The molecular weight excluding hydrogens is 132 g/mol. The zero-order valence-electron chi connectivity index (χ0n) is 9.07. The normalized spacial score (nSPS) is 33.3. The van der Waals surface area contributed by atoms with Gasteiger partial charge in [-0.3, -0.25) is 0 Å². The molecule has 1 rings (SSSR count). The second kappa shape index (κ2) is 4.13. The van der Waals surface area contributed by atoms with E-state index >= 15 is 0 Å². The second-order valence-electron chi connectivity index (χ2n) is 4.06. The van der Waals surface area contributed by atoms with Gasteiger partial charge in [-0.25, -0.2) is 0 Å². The van der Waals surface area contributed by atoms with E-state index in [2.05, 4.69) is 27.7 Å². The quantitative estimate of drug-likeness (QED) is 0.536. The van der Waals surface area contributed by atoms with Crippen molar-refractivity contribution >= 4 is 0 Å². The summed E-state index contributed by atoms with van der Waals surface area (Å²) in [5.41, 5.74) is 0.648. The molecule has 1 fully saturated rings. The molecule has 68 valence electrons. The molecule has 0 N–H and O–H groups in total. The molecule has 0 aromatic heterocycles. The van der Waals surface area contributed by atoms with Crippen molar-refractivity contribution in [3.63, 3.8) is 0 Å². The summed E-state index contributed by atoms with van der Waals surface area (Å²) >= 11 is 0. The highest BCUT2D eigenvalue weighted by molar-refractivity contribution is 4.93. The first-order valence-electron chi connectivity index (χ1n) is 5.09. The Labute approximate surface area is 72.4 Å². The Morgan fingerprint density at radius 3 is 1.82 bits per heavy atom. The minimum absolute atomic E-state index is 0.648. The third kappa shape index (κ3) is 1.98. The van der Waals surface area contributed by atoms with Gasteiger partial charge < -0.3 is 0 Å². The summed E-state index contributed by atoms with van der Waals surface area (Å²) in [6, 6.07) is 0. The van der Waals surface area contributed by atoms with Gasteiger partial charge in [0.05, 0.1) is 0 Å². The summed E-state index contributed by atoms with van der Waals surface area (Å²) < 4.78 is 0. The van der Waals surface area contributed by atoms with Crippen molar-refractivity contribution in [2.24, 2.45) is 17.3 Å². The van der Waals surface area contributed by atoms with E-state index in [1.807, 2.05) is 13.8 Å². The largest absolute Gasteiger partial charge is 0.0683 e. The highest BCUT2D eigenvalue weighted by Crippen LogP contribution is 2.52. The molecule has 1 saturated carbocycles. The van der Waals surface area contributed by atoms with Gasteiger partial charge in [-0.05, 0) is 23.7 Å². The van der Waals surface area contributed by atoms with Crippen molar-refractivity contribution < 1.29 is 0 Å². The smallest absolute Gasteiger partial charge is 0.0300 e. The maximum Gasteiger partial charge on any atom is -0.0300 e. The van der Waals surface area contributed by atoms with Crippen LogP contribution < -0.4 is 0 Å². The molecule has 11 heavy (non-hydrogen) atoms. The van der Waals surface area contributed by atoms with E-state index in [1.165, 1.54) is 12.8 Å². The molecule has 2 atom stereocenters. The van der Waals surface area contributed by atoms with Gasteiger partial charge in [0.1, 0.15) is 0 Å². The fourth-order valence-electron chi connectivity index (χ4n) is 1.97. The van der Waals surface area contributed by atoms with Gasteiger partial charge in [0.25, 0.3) is 0 Å². The summed E-state index contributed by atoms with van der Waals surface area (Å²) in [6.07, 6.45) is 2.83. The molecule has 1 aliphatic rings. The first kappa shape index (κ1) is 11.0. The van der Waals surface area contributed by atoms with E-state index in [4.69, 9.17) is 0 Å². The van der Waals surface area contributed by atoms with E-state index < -0.39 is 0 Å². The molecule has 0 aromatic carbocycles. The molecule has 2 unspecified atom stereocenters. The summed E-state index contributed by atoms with van der Waals surface area (Å²) in [7, 11) is 0. The minimum atomic E-state index is 0.648. The average molecular weight is 156 g/mol. The molecule has 0 heterocycles. The Balaban J connectivity index is 0.000000461. The topological polar surface area (TPSA) is 0 Å². The molecule has 0 saturated heterocycles. The fourth-order valence-corrected chi connectivity index (χ4v) is 1.97. The van der Waals surface area contributed by atoms with Crippen molar-refractivity contribution in [3.05, 3.63) is 0 Å². The van der Waals surface area contributed by atoms with Gasteiger partial charge in [0, 0.05) is 0 Å². The lowest BCUT2D eigenvalue weighted by molar-refractivity contribution is -0.00978. The van der Waals surface area contributed by atoms with Crippen LogP contribution in [0.4, 0.5) is 0 Å². The Hall–Kier alpha value is 0. The SMILES string of the molecule is CC.CCC1CC(C)C1(C)C. The molecule has 0 aliphatic heterocycles. The third-order valence-electron chi connectivity index (χ3n) is 3.45. The van der Waals surface area contributed by atoms with E-state index in [9.17, 15) is 0 Å². The predicted molar refractivity (Wildman–Crippen MR) is 52.7 cm³/mol. The zero-order valence-corrected chi connectivity index (χ0v) is 9.07. The van der Waals surface area contributed by atoms with Gasteiger partial charge in [-0.15, -0.1) is 0 Å². The molecule has 0 aromatic rings. The molecular formula is C11H24. The first-order valence-corrected chi connectivity index (χ1v) is 5.09. The van der Waals surface area contributed by atoms with Gasteiger partial charge in [-0.2, -0.15) is 0 Å². The summed E-state index contributed by atoms with van der Waals surface area (Å²) in [4.78, 5) is 0. The van der Waals surface area contributed by atoms with Crippen molar-refractivity contribution in [2.75, 3.05) is 0 Å². The molecule has 0 radical (unpaired) electrons. The van der Waals surface area contributed by atoms with Gasteiger partial charge in [0.15, 0.2) is 0 Å². The number of rotatable bonds is 1. The van der Waals surface area contributed by atoms with Gasteiger partial charge in [-0.1, -0.05) is 48.0 Å². The molecule has 1 aliphatic carbocycles. The summed E-state index contributed by atoms with van der Waals surface area (Å²) in [5.74, 6) is 1.97. The third-order valence-corrected chi connectivity index (χ3v) is 3.45. The van der Waals surface area contributed by atoms with Crippen LogP contribution >= 0.6 is 0 Å². The lowest BCUT2D eigenvalue weighted by Gasteiger charge is -2.50. The molecule has 0 nitrogen and oxygen atoms in total. The van der Waals surface area contributed by atoms with Crippen LogP contribution in [0.15, 0.2) is 0 Å². The highest BCUT2D eigenvalue weighted by Gasteiger charge is 2.43. The van der Waals surface area contributed by atoms with Crippen molar-refractivity contribution in [1.82, 2.24) is 0 Å². The van der Waals surface area contributed by atoms with Crippen LogP contribution in [0.1, 0.15) is 54.4 Å². The molecule has 0 heteroatoms. The standard InChI is InChI=1S/C9H18.C2H6/c1-5-8-6-7(2)9(8,3)4;1-2/h7-8H,5-6H2,1-4H3;1-2H3. The Morgan fingerprint density at radius 1 is 1.27 bits per heavy atom. The average Bonchev–Trinajstić information content (AvgIpc) is 2.03. The van der Waals surface area contributed by atoms with Crippen molar-refractivity contribution in [1.29, 1.82) is 0 Å². The highest BCUT2D eigenvalue weighted by atomic mass is 14.5. The Bertz CT molecular complexity index is 103. The number of hydrogen-bond acceptors (Lipinski definition) is 0. The van der Waals surface area contributed by atoms with Crippen LogP contribution in [0.2, 0.25) is 0 Å². The summed E-state index contributed by atoms with van der Waals surface area (Å²) in [6.45, 7) is 13.5. The Morgan fingerprint density at radius 2 is 1.73 bits per heavy atom. The maximum absolute atomic E-state index is 2.40. The monoisotopic (exact) mass is 156 g/mol. The van der Waals surface area contributed by atoms with E-state index in [0.29, 0.717) is 5.41 Å². The predicted octanol–water partition coefficient (Wildman–Crippen LogP) is 4.10. The lowest BCUT2D eigenvalue weighted by Crippen LogP contribution is -2.42. The maximum atomic E-state index is 2.40. The zero-order chi connectivity index (χ0) is 9.07. The van der Waals surface area contributed by atoms with Crippen LogP contribution in [0.5, 0.6) is 0 Å². The molecule has 0 spiro atoms. The summed E-state index contributed by atoms with van der Waals surface area (Å²) in [5, 5.41) is 0. The van der Waals surface area contributed by atoms with E-state index in [-0.39, 0.29) is 0 Å². The number of hydrogen-bond donors (Lipinski definition) is 0.